The molecule has 0 saturated carbocycles. The van der Waals surface area contributed by atoms with Crippen LogP contribution in [0.1, 0.15) is 19.8 Å². The molecule has 0 radical (unpaired) electrons. The molecule has 5 heteroatoms. The fraction of sp³-hybridized carbons (Fsp3) is 0.500. The summed E-state index contributed by atoms with van der Waals surface area (Å²) in [5, 5.41) is 16.7. The minimum Gasteiger partial charge on any atom is -0.511 e. The van der Waals surface area contributed by atoms with Gasteiger partial charge < -0.3 is 15.7 Å². The van der Waals surface area contributed by atoms with Gasteiger partial charge in [-0.15, -0.1) is 0 Å². The van der Waals surface area contributed by atoms with Crippen LogP contribution in [0.25, 0.3) is 0 Å². The first-order chi connectivity index (χ1) is 10.0. The second kappa shape index (κ2) is 13.0. The van der Waals surface area contributed by atoms with Crippen LogP contribution >= 0.6 is 23.2 Å². The van der Waals surface area contributed by atoms with Gasteiger partial charge in [-0.3, -0.25) is 0 Å². The lowest BCUT2D eigenvalue weighted by Gasteiger charge is -2.15. The van der Waals surface area contributed by atoms with Crippen molar-refractivity contribution >= 4 is 23.2 Å². The minimum atomic E-state index is -0.135. The largest absolute Gasteiger partial charge is 0.511 e. The number of aliphatic hydroxyl groups excluding tert-OH is 1. The lowest BCUT2D eigenvalue weighted by Crippen LogP contribution is -2.25. The molecular weight excluding hydrogens is 307 g/mol. The lowest BCUT2D eigenvalue weighted by molar-refractivity contribution is 0.323. The summed E-state index contributed by atoms with van der Waals surface area (Å²) in [5.41, 5.74) is 2.44. The van der Waals surface area contributed by atoms with E-state index in [1.165, 1.54) is 11.1 Å². The van der Waals surface area contributed by atoms with E-state index in [9.17, 15) is 5.11 Å². The van der Waals surface area contributed by atoms with Crippen molar-refractivity contribution in [3.8, 4) is 0 Å². The van der Waals surface area contributed by atoms with Gasteiger partial charge >= 0.3 is 0 Å². The van der Waals surface area contributed by atoms with Gasteiger partial charge in [0, 0.05) is 29.6 Å². The Hall–Kier alpha value is -0.740. The van der Waals surface area contributed by atoms with Gasteiger partial charge in [-0.2, -0.15) is 0 Å². The highest BCUT2D eigenvalue weighted by molar-refractivity contribution is 6.29. The van der Waals surface area contributed by atoms with Crippen LogP contribution < -0.4 is 10.6 Å². The standard InChI is InChI=1S/C16H26Cl2N2O/c1-4-6-14(11-19-3)7-5-8-20-12-15(9-13(2)18)16(21)10-17/h4,6-7,10,15,19-21H,2,5,8-9,11-12H2,1,3H3/b6-4-,14-7+,16-10-. The van der Waals surface area contributed by atoms with E-state index in [0.29, 0.717) is 18.0 Å². The number of hydrogen-bond acceptors (Lipinski definition) is 3. The van der Waals surface area contributed by atoms with Gasteiger partial charge in [0.25, 0.3) is 0 Å². The van der Waals surface area contributed by atoms with Crippen molar-refractivity contribution in [1.82, 2.24) is 10.6 Å². The minimum absolute atomic E-state index is 0.131. The molecule has 0 aliphatic carbocycles. The molecule has 0 aromatic carbocycles. The summed E-state index contributed by atoms with van der Waals surface area (Å²) in [4.78, 5) is 0. The first-order valence-electron chi connectivity index (χ1n) is 7.04. The summed E-state index contributed by atoms with van der Waals surface area (Å²) in [6, 6.07) is 0. The zero-order chi connectivity index (χ0) is 16.1. The quantitative estimate of drug-likeness (QED) is 0.303. The molecule has 0 amide bonds. The Morgan fingerprint density at radius 3 is 2.67 bits per heavy atom. The van der Waals surface area contributed by atoms with Crippen LogP contribution in [0.3, 0.4) is 0 Å². The monoisotopic (exact) mass is 332 g/mol. The number of halogens is 2. The van der Waals surface area contributed by atoms with E-state index in [2.05, 4.69) is 29.4 Å². The average molecular weight is 333 g/mol. The van der Waals surface area contributed by atoms with Crippen molar-refractivity contribution in [2.45, 2.75) is 19.8 Å². The SMILES string of the molecule is C=C(Cl)CC(CNCC/C=C(\C=C/C)CNC)/C(O)=C/Cl. The van der Waals surface area contributed by atoms with Crippen molar-refractivity contribution < 1.29 is 5.11 Å². The predicted octanol–water partition coefficient (Wildman–Crippen LogP) is 4.09. The molecule has 0 aromatic heterocycles. The topological polar surface area (TPSA) is 44.3 Å². The normalized spacial score (nSPS) is 14.7. The van der Waals surface area contributed by atoms with Crippen LogP contribution in [-0.2, 0) is 0 Å². The third-order valence-corrected chi connectivity index (χ3v) is 3.26. The van der Waals surface area contributed by atoms with Crippen molar-refractivity contribution in [1.29, 1.82) is 0 Å². The van der Waals surface area contributed by atoms with E-state index in [0.717, 1.165) is 19.5 Å². The Bertz CT molecular complexity index is 390. The maximum Gasteiger partial charge on any atom is 0.108 e. The highest BCUT2D eigenvalue weighted by Crippen LogP contribution is 2.19. The first-order valence-corrected chi connectivity index (χ1v) is 7.86. The molecule has 0 spiro atoms. The molecule has 0 bridgehead atoms. The van der Waals surface area contributed by atoms with Crippen LogP contribution in [0.5, 0.6) is 0 Å². The van der Waals surface area contributed by atoms with Crippen molar-refractivity contribution in [2.24, 2.45) is 5.92 Å². The van der Waals surface area contributed by atoms with Crippen LogP contribution in [0, 0.1) is 5.92 Å². The van der Waals surface area contributed by atoms with Gasteiger partial charge in [-0.05, 0) is 38.9 Å². The van der Waals surface area contributed by atoms with Crippen molar-refractivity contribution in [3.05, 3.63) is 46.7 Å². The highest BCUT2D eigenvalue weighted by Gasteiger charge is 2.13. The van der Waals surface area contributed by atoms with Crippen molar-refractivity contribution in [3.63, 3.8) is 0 Å². The molecule has 0 heterocycles. The molecule has 3 nitrogen and oxygen atoms in total. The first kappa shape index (κ1) is 20.3. The average Bonchev–Trinajstić information content (AvgIpc) is 2.44. The summed E-state index contributed by atoms with van der Waals surface area (Å²) in [6.45, 7) is 7.95. The molecule has 0 aromatic rings. The number of nitrogens with one attached hydrogen (secondary N) is 2. The molecule has 120 valence electrons. The molecule has 0 rings (SSSR count). The number of likely N-dealkylation sites (N-methyl/N-ethyl adjacent to an activating group) is 1. The summed E-state index contributed by atoms with van der Waals surface area (Å²) in [5.74, 6) is -0.00454. The Morgan fingerprint density at radius 1 is 1.43 bits per heavy atom. The summed E-state index contributed by atoms with van der Waals surface area (Å²) in [7, 11) is 1.93. The van der Waals surface area contributed by atoms with Gasteiger partial charge in [0.05, 0.1) is 0 Å². The molecule has 0 saturated heterocycles. The molecule has 1 unspecified atom stereocenters. The summed E-state index contributed by atoms with van der Waals surface area (Å²) in [6.07, 6.45) is 7.74. The van der Waals surface area contributed by atoms with Gasteiger partial charge in [0.2, 0.25) is 0 Å². The molecule has 21 heavy (non-hydrogen) atoms. The Balaban J connectivity index is 4.20. The fourth-order valence-corrected chi connectivity index (χ4v) is 2.26. The molecule has 3 N–H and O–H groups in total. The molecule has 1 atom stereocenters. The highest BCUT2D eigenvalue weighted by atomic mass is 35.5. The van der Waals surface area contributed by atoms with Crippen LogP contribution in [-0.4, -0.2) is 31.8 Å². The Morgan fingerprint density at radius 2 is 2.14 bits per heavy atom. The van der Waals surface area contributed by atoms with Crippen LogP contribution in [0.4, 0.5) is 0 Å². The van der Waals surface area contributed by atoms with Crippen LogP contribution in [0.2, 0.25) is 0 Å². The Kier molecular flexibility index (Phi) is 12.5. The molecule has 0 aliphatic rings. The zero-order valence-corrected chi connectivity index (χ0v) is 14.3. The zero-order valence-electron chi connectivity index (χ0n) is 12.8. The van der Waals surface area contributed by atoms with Gasteiger partial charge in [0.15, 0.2) is 0 Å². The second-order valence-electron chi connectivity index (χ2n) is 4.75. The third-order valence-electron chi connectivity index (χ3n) is 2.88. The van der Waals surface area contributed by atoms with Gasteiger partial charge in [0.1, 0.15) is 5.76 Å². The molecular formula is C16H26Cl2N2O. The van der Waals surface area contributed by atoms with Crippen LogP contribution in [0.15, 0.2) is 46.7 Å². The predicted molar refractivity (Wildman–Crippen MR) is 94.0 cm³/mol. The summed E-state index contributed by atoms with van der Waals surface area (Å²) >= 11 is 11.3. The van der Waals surface area contributed by atoms with E-state index in [1.807, 2.05) is 20.0 Å². The van der Waals surface area contributed by atoms with E-state index in [4.69, 9.17) is 23.2 Å². The molecule has 0 aliphatic heterocycles. The number of rotatable bonds is 11. The lowest BCUT2D eigenvalue weighted by atomic mass is 10.0. The van der Waals surface area contributed by atoms with Crippen molar-refractivity contribution in [2.75, 3.05) is 26.7 Å². The fourth-order valence-electron chi connectivity index (χ4n) is 1.89. The van der Waals surface area contributed by atoms with Gasteiger partial charge in [-0.1, -0.05) is 48.0 Å². The maximum absolute atomic E-state index is 9.71. The van der Waals surface area contributed by atoms with E-state index >= 15 is 0 Å². The van der Waals surface area contributed by atoms with E-state index in [-0.39, 0.29) is 11.7 Å². The second-order valence-corrected chi connectivity index (χ2v) is 5.51. The number of hydrogen-bond donors (Lipinski definition) is 3. The van der Waals surface area contributed by atoms with E-state index < -0.39 is 0 Å². The maximum atomic E-state index is 9.71. The van der Waals surface area contributed by atoms with E-state index in [1.54, 1.807) is 0 Å². The number of allylic oxidation sites excluding steroid dienone is 2. The Labute approximate surface area is 138 Å². The number of aliphatic hydroxyl groups is 1. The smallest absolute Gasteiger partial charge is 0.108 e. The molecule has 0 fully saturated rings. The van der Waals surface area contributed by atoms with Gasteiger partial charge in [-0.25, -0.2) is 0 Å². The third kappa shape index (κ3) is 10.6. The summed E-state index contributed by atoms with van der Waals surface area (Å²) < 4.78 is 0.